The molecule has 0 saturated carbocycles. The second-order valence-corrected chi connectivity index (χ2v) is 5.74. The van der Waals surface area contributed by atoms with Crippen LogP contribution in [0.1, 0.15) is 31.1 Å². The predicted molar refractivity (Wildman–Crippen MR) is 80.2 cm³/mol. The van der Waals surface area contributed by atoms with Crippen molar-refractivity contribution in [3.63, 3.8) is 0 Å². The fraction of sp³-hybridized carbons (Fsp3) is 0.286. The second kappa shape index (κ2) is 6.61. The van der Waals surface area contributed by atoms with Crippen molar-refractivity contribution in [2.75, 3.05) is 25.1 Å². The summed E-state index contributed by atoms with van der Waals surface area (Å²) in [5.41, 5.74) is 0.805. The van der Waals surface area contributed by atoms with Crippen LogP contribution in [0.2, 0.25) is 0 Å². The highest BCUT2D eigenvalue weighted by Crippen LogP contribution is 2.22. The van der Waals surface area contributed by atoms with Gasteiger partial charge in [-0.3, -0.25) is 24.1 Å². The Morgan fingerprint density at radius 1 is 1.23 bits per heavy atom. The summed E-state index contributed by atoms with van der Waals surface area (Å²) in [7, 11) is 1.39. The molecule has 0 radical (unpaired) electrons. The maximum atomic E-state index is 12.0. The van der Waals surface area contributed by atoms with Crippen molar-refractivity contribution >= 4 is 35.5 Å². The molecule has 7 nitrogen and oxygen atoms in total. The van der Waals surface area contributed by atoms with Gasteiger partial charge < -0.3 is 10.4 Å². The first kappa shape index (κ1) is 16.0. The third-order valence-corrected chi connectivity index (χ3v) is 4.05. The minimum atomic E-state index is -0.901. The topological polar surface area (TPSA) is 104 Å². The number of amides is 3. The zero-order chi connectivity index (χ0) is 16.3. The highest BCUT2D eigenvalue weighted by molar-refractivity contribution is 7.99. The van der Waals surface area contributed by atoms with Crippen LogP contribution in [0.5, 0.6) is 0 Å². The number of imide groups is 1. The molecule has 0 unspecified atom stereocenters. The van der Waals surface area contributed by atoms with Gasteiger partial charge in [-0.15, -0.1) is 11.8 Å². The molecule has 0 atom stereocenters. The molecule has 3 amide bonds. The maximum Gasteiger partial charge on any atom is 0.313 e. The summed E-state index contributed by atoms with van der Waals surface area (Å²) in [6, 6.07) is 4.36. The maximum absolute atomic E-state index is 12.0. The summed E-state index contributed by atoms with van der Waals surface area (Å²) >= 11 is 1.20. The number of benzene rings is 1. The molecule has 8 heteroatoms. The summed E-state index contributed by atoms with van der Waals surface area (Å²) in [6.07, 6.45) is 0. The summed E-state index contributed by atoms with van der Waals surface area (Å²) in [6.45, 7) is 0.320. The molecule has 1 aromatic carbocycles. The summed E-state index contributed by atoms with van der Waals surface area (Å²) in [5.74, 6) is -1.61. The smallest absolute Gasteiger partial charge is 0.313 e. The fourth-order valence-electron chi connectivity index (χ4n) is 2.00. The van der Waals surface area contributed by atoms with Crippen molar-refractivity contribution in [2.24, 2.45) is 0 Å². The first-order chi connectivity index (χ1) is 10.4. The lowest BCUT2D eigenvalue weighted by atomic mass is 10.1. The Hall–Kier alpha value is -2.35. The molecule has 0 aliphatic carbocycles. The van der Waals surface area contributed by atoms with E-state index < -0.39 is 11.9 Å². The largest absolute Gasteiger partial charge is 0.481 e. The predicted octanol–water partition coefficient (Wildman–Crippen LogP) is 0.460. The van der Waals surface area contributed by atoms with Gasteiger partial charge in [-0.2, -0.15) is 0 Å². The van der Waals surface area contributed by atoms with Gasteiger partial charge in [-0.25, -0.2) is 0 Å². The molecule has 2 N–H and O–H groups in total. The highest BCUT2D eigenvalue weighted by Gasteiger charge is 2.33. The third-order valence-electron chi connectivity index (χ3n) is 3.11. The number of fused-ring (bicyclic) bond motifs is 1. The minimum Gasteiger partial charge on any atom is -0.481 e. The van der Waals surface area contributed by atoms with E-state index in [1.165, 1.54) is 37.0 Å². The Kier molecular flexibility index (Phi) is 4.81. The lowest BCUT2D eigenvalue weighted by molar-refractivity contribution is -0.133. The molecule has 2 rings (SSSR count). The van der Waals surface area contributed by atoms with E-state index in [9.17, 15) is 19.2 Å². The summed E-state index contributed by atoms with van der Waals surface area (Å²) < 4.78 is 0. The van der Waals surface area contributed by atoms with E-state index in [0.717, 1.165) is 4.90 Å². The Labute approximate surface area is 130 Å². The third kappa shape index (κ3) is 3.28. The quantitative estimate of drug-likeness (QED) is 0.582. The van der Waals surface area contributed by atoms with Crippen molar-refractivity contribution in [1.82, 2.24) is 10.2 Å². The van der Waals surface area contributed by atoms with Crippen LogP contribution in [0.4, 0.5) is 0 Å². The molecule has 0 spiro atoms. The number of hydrogen-bond donors (Lipinski definition) is 2. The number of nitrogens with one attached hydrogen (secondary N) is 1. The monoisotopic (exact) mass is 322 g/mol. The lowest BCUT2D eigenvalue weighted by Gasteiger charge is -2.05. The number of rotatable bonds is 6. The second-order valence-electron chi connectivity index (χ2n) is 4.63. The lowest BCUT2D eigenvalue weighted by Crippen LogP contribution is -2.26. The molecule has 1 aliphatic heterocycles. The van der Waals surface area contributed by atoms with Crippen molar-refractivity contribution < 1.29 is 24.3 Å². The Morgan fingerprint density at radius 2 is 1.91 bits per heavy atom. The first-order valence-electron chi connectivity index (χ1n) is 6.46. The standard InChI is InChI=1S/C14H14N2O5S/c1-16-13(20)9-3-2-8(6-10(9)14(16)21)12(19)15-4-5-22-7-11(17)18/h2-3,6H,4-5,7H2,1H3,(H,15,19)(H,17,18). The minimum absolute atomic E-state index is 0.0162. The van der Waals surface area contributed by atoms with Gasteiger partial charge in [0.25, 0.3) is 17.7 Å². The molecule has 0 fully saturated rings. The van der Waals surface area contributed by atoms with Crippen molar-refractivity contribution in [1.29, 1.82) is 0 Å². The van der Waals surface area contributed by atoms with Gasteiger partial charge in [0.05, 0.1) is 16.9 Å². The average molecular weight is 322 g/mol. The van der Waals surface area contributed by atoms with Crippen LogP contribution in [0.25, 0.3) is 0 Å². The van der Waals surface area contributed by atoms with Crippen LogP contribution < -0.4 is 5.32 Å². The number of aliphatic carboxylic acids is 1. The average Bonchev–Trinajstić information content (AvgIpc) is 2.71. The fourth-order valence-corrected chi connectivity index (χ4v) is 2.57. The first-order valence-corrected chi connectivity index (χ1v) is 7.61. The van der Waals surface area contributed by atoms with Gasteiger partial charge in [0, 0.05) is 24.9 Å². The molecular weight excluding hydrogens is 308 g/mol. The van der Waals surface area contributed by atoms with Crippen molar-refractivity contribution in [3.05, 3.63) is 34.9 Å². The Morgan fingerprint density at radius 3 is 2.59 bits per heavy atom. The number of nitrogens with zero attached hydrogens (tertiary/aromatic N) is 1. The number of thioether (sulfide) groups is 1. The van der Waals surface area contributed by atoms with Crippen molar-refractivity contribution in [2.45, 2.75) is 0 Å². The normalized spacial score (nSPS) is 13.2. The van der Waals surface area contributed by atoms with E-state index in [1.54, 1.807) is 0 Å². The number of carbonyl (C=O) groups excluding carboxylic acids is 3. The zero-order valence-corrected chi connectivity index (χ0v) is 12.6. The molecule has 116 valence electrons. The van der Waals surface area contributed by atoms with E-state index in [-0.39, 0.29) is 23.1 Å². The molecule has 1 aromatic rings. The number of hydrogen-bond acceptors (Lipinski definition) is 5. The van der Waals surface area contributed by atoms with Gasteiger partial charge in [0.1, 0.15) is 0 Å². The van der Waals surface area contributed by atoms with E-state index >= 15 is 0 Å². The molecule has 0 saturated heterocycles. The highest BCUT2D eigenvalue weighted by atomic mass is 32.2. The number of carboxylic acids is 1. The van der Waals surface area contributed by atoms with Gasteiger partial charge in [-0.1, -0.05) is 0 Å². The van der Waals surface area contributed by atoms with Gasteiger partial charge in [-0.05, 0) is 18.2 Å². The number of carboxylic acid groups (broad SMARTS) is 1. The van der Waals surface area contributed by atoms with E-state index in [1.807, 2.05) is 0 Å². The van der Waals surface area contributed by atoms with Crippen LogP contribution in [0, 0.1) is 0 Å². The summed E-state index contributed by atoms with van der Waals surface area (Å²) in [5, 5.41) is 11.1. The molecule has 1 heterocycles. The van der Waals surface area contributed by atoms with Crippen LogP contribution in [0.15, 0.2) is 18.2 Å². The van der Waals surface area contributed by atoms with Gasteiger partial charge >= 0.3 is 5.97 Å². The van der Waals surface area contributed by atoms with Crippen LogP contribution in [-0.4, -0.2) is 58.8 Å². The number of carbonyl (C=O) groups is 4. The van der Waals surface area contributed by atoms with Gasteiger partial charge in [0.2, 0.25) is 0 Å². The van der Waals surface area contributed by atoms with E-state index in [2.05, 4.69) is 5.32 Å². The SMILES string of the molecule is CN1C(=O)c2ccc(C(=O)NCCSCC(=O)O)cc2C1=O. The molecular formula is C14H14N2O5S. The Balaban J connectivity index is 1.97. The van der Waals surface area contributed by atoms with Gasteiger partial charge in [0.15, 0.2) is 0 Å². The molecule has 0 aromatic heterocycles. The molecule has 0 bridgehead atoms. The Bertz CT molecular complexity index is 659. The molecule has 22 heavy (non-hydrogen) atoms. The van der Waals surface area contributed by atoms with E-state index in [0.29, 0.717) is 23.4 Å². The zero-order valence-electron chi connectivity index (χ0n) is 11.8. The molecule has 1 aliphatic rings. The van der Waals surface area contributed by atoms with Crippen LogP contribution in [-0.2, 0) is 4.79 Å². The van der Waals surface area contributed by atoms with Crippen LogP contribution >= 0.6 is 11.8 Å². The van der Waals surface area contributed by atoms with Crippen LogP contribution in [0.3, 0.4) is 0 Å². The van der Waals surface area contributed by atoms with E-state index in [4.69, 9.17) is 5.11 Å². The van der Waals surface area contributed by atoms with Crippen molar-refractivity contribution in [3.8, 4) is 0 Å². The summed E-state index contributed by atoms with van der Waals surface area (Å²) in [4.78, 5) is 46.9.